The van der Waals surface area contributed by atoms with E-state index in [-0.39, 0.29) is 12.1 Å². The summed E-state index contributed by atoms with van der Waals surface area (Å²) in [5.41, 5.74) is 6.99. The van der Waals surface area contributed by atoms with Crippen LogP contribution in [0.3, 0.4) is 0 Å². The van der Waals surface area contributed by atoms with Gasteiger partial charge >= 0.3 is 0 Å². The standard InChI is InChI=1S/C9H13NO2/c10-9(7-3-5-11-6-7)8-2-1-4-12-8/h3,5-6,8-9H,1-2,4,10H2. The fourth-order valence-electron chi connectivity index (χ4n) is 1.57. The molecule has 12 heavy (non-hydrogen) atoms. The minimum atomic E-state index is -0.0220. The molecule has 0 aromatic carbocycles. The number of hydrogen-bond acceptors (Lipinski definition) is 3. The third-order valence-corrected chi connectivity index (χ3v) is 2.29. The third-order valence-electron chi connectivity index (χ3n) is 2.29. The Kier molecular flexibility index (Phi) is 2.15. The highest BCUT2D eigenvalue weighted by Gasteiger charge is 2.24. The van der Waals surface area contributed by atoms with Gasteiger partial charge in [-0.05, 0) is 18.9 Å². The van der Waals surface area contributed by atoms with Crippen LogP contribution in [0.15, 0.2) is 23.0 Å². The zero-order valence-electron chi connectivity index (χ0n) is 6.90. The van der Waals surface area contributed by atoms with Crippen molar-refractivity contribution in [3.8, 4) is 0 Å². The van der Waals surface area contributed by atoms with Gasteiger partial charge < -0.3 is 14.9 Å². The second-order valence-corrected chi connectivity index (χ2v) is 3.13. The molecule has 1 fully saturated rings. The minimum absolute atomic E-state index is 0.0220. The Morgan fingerprint density at radius 1 is 1.58 bits per heavy atom. The fraction of sp³-hybridized carbons (Fsp3) is 0.556. The van der Waals surface area contributed by atoms with E-state index in [0.717, 1.165) is 25.0 Å². The molecule has 0 spiro atoms. The number of hydrogen-bond donors (Lipinski definition) is 1. The van der Waals surface area contributed by atoms with E-state index in [1.165, 1.54) is 0 Å². The molecule has 0 amide bonds. The highest BCUT2D eigenvalue weighted by Crippen LogP contribution is 2.24. The van der Waals surface area contributed by atoms with Gasteiger partial charge in [-0.2, -0.15) is 0 Å². The van der Waals surface area contributed by atoms with Crippen LogP contribution in [0.25, 0.3) is 0 Å². The van der Waals surface area contributed by atoms with Crippen LogP contribution >= 0.6 is 0 Å². The molecule has 0 radical (unpaired) electrons. The molecule has 1 aliphatic rings. The molecular weight excluding hydrogens is 154 g/mol. The molecule has 2 heterocycles. The van der Waals surface area contributed by atoms with E-state index in [2.05, 4.69) is 0 Å². The van der Waals surface area contributed by atoms with Crippen LogP contribution in [0.1, 0.15) is 24.4 Å². The minimum Gasteiger partial charge on any atom is -0.472 e. The molecule has 0 bridgehead atoms. The van der Waals surface area contributed by atoms with Crippen LogP contribution in [-0.2, 0) is 4.74 Å². The van der Waals surface area contributed by atoms with Gasteiger partial charge in [0.05, 0.1) is 24.7 Å². The Bertz CT molecular complexity index is 227. The summed E-state index contributed by atoms with van der Waals surface area (Å²) in [5, 5.41) is 0. The fourth-order valence-corrected chi connectivity index (χ4v) is 1.57. The van der Waals surface area contributed by atoms with E-state index in [1.807, 2.05) is 6.07 Å². The second-order valence-electron chi connectivity index (χ2n) is 3.13. The number of ether oxygens (including phenoxy) is 1. The quantitative estimate of drug-likeness (QED) is 0.725. The lowest BCUT2D eigenvalue weighted by atomic mass is 10.0. The van der Waals surface area contributed by atoms with Crippen molar-refractivity contribution in [2.45, 2.75) is 25.0 Å². The first kappa shape index (κ1) is 7.83. The zero-order valence-corrected chi connectivity index (χ0v) is 6.90. The maximum Gasteiger partial charge on any atom is 0.0951 e. The molecule has 0 saturated carbocycles. The van der Waals surface area contributed by atoms with E-state index < -0.39 is 0 Å². The van der Waals surface area contributed by atoms with Gasteiger partial charge in [0.1, 0.15) is 0 Å². The molecule has 2 rings (SSSR count). The molecule has 1 aromatic rings. The van der Waals surface area contributed by atoms with Crippen molar-refractivity contribution >= 4 is 0 Å². The van der Waals surface area contributed by atoms with Crippen molar-refractivity contribution in [3.05, 3.63) is 24.2 Å². The number of furan rings is 1. The van der Waals surface area contributed by atoms with Crippen molar-refractivity contribution in [2.24, 2.45) is 5.73 Å². The first-order chi connectivity index (χ1) is 5.88. The van der Waals surface area contributed by atoms with Gasteiger partial charge in [0.25, 0.3) is 0 Å². The molecule has 3 nitrogen and oxygen atoms in total. The van der Waals surface area contributed by atoms with Crippen LogP contribution in [0, 0.1) is 0 Å². The molecule has 2 N–H and O–H groups in total. The Hall–Kier alpha value is -0.800. The van der Waals surface area contributed by atoms with Crippen LogP contribution in [-0.4, -0.2) is 12.7 Å². The largest absolute Gasteiger partial charge is 0.472 e. The highest BCUT2D eigenvalue weighted by molar-refractivity contribution is 5.12. The first-order valence-corrected chi connectivity index (χ1v) is 4.27. The van der Waals surface area contributed by atoms with Crippen LogP contribution in [0.5, 0.6) is 0 Å². The average Bonchev–Trinajstić information content (AvgIpc) is 2.77. The number of nitrogens with two attached hydrogens (primary N) is 1. The van der Waals surface area contributed by atoms with Gasteiger partial charge in [-0.1, -0.05) is 0 Å². The summed E-state index contributed by atoms with van der Waals surface area (Å²) in [6, 6.07) is 1.87. The topological polar surface area (TPSA) is 48.4 Å². The maximum atomic E-state index is 5.96. The molecule has 2 atom stereocenters. The summed E-state index contributed by atoms with van der Waals surface area (Å²) in [5.74, 6) is 0. The van der Waals surface area contributed by atoms with E-state index in [0.29, 0.717) is 0 Å². The summed E-state index contributed by atoms with van der Waals surface area (Å²) < 4.78 is 10.4. The van der Waals surface area contributed by atoms with Crippen molar-refractivity contribution in [1.29, 1.82) is 0 Å². The predicted molar refractivity (Wildman–Crippen MR) is 44.6 cm³/mol. The summed E-state index contributed by atoms with van der Waals surface area (Å²) in [6.45, 7) is 0.843. The number of rotatable bonds is 2. The lowest BCUT2D eigenvalue weighted by Crippen LogP contribution is -2.24. The van der Waals surface area contributed by atoms with Gasteiger partial charge in [-0.25, -0.2) is 0 Å². The summed E-state index contributed by atoms with van der Waals surface area (Å²) >= 11 is 0. The van der Waals surface area contributed by atoms with Gasteiger partial charge in [0.2, 0.25) is 0 Å². The van der Waals surface area contributed by atoms with Crippen molar-refractivity contribution in [1.82, 2.24) is 0 Å². The molecule has 1 aromatic heterocycles. The van der Waals surface area contributed by atoms with Gasteiger partial charge in [0.15, 0.2) is 0 Å². The lowest BCUT2D eigenvalue weighted by molar-refractivity contribution is 0.0899. The summed E-state index contributed by atoms with van der Waals surface area (Å²) in [4.78, 5) is 0. The highest BCUT2D eigenvalue weighted by atomic mass is 16.5. The van der Waals surface area contributed by atoms with E-state index >= 15 is 0 Å². The van der Waals surface area contributed by atoms with E-state index in [1.54, 1.807) is 12.5 Å². The summed E-state index contributed by atoms with van der Waals surface area (Å²) in [6.07, 6.45) is 5.70. The molecule has 0 aliphatic carbocycles. The monoisotopic (exact) mass is 167 g/mol. The normalized spacial score (nSPS) is 25.9. The van der Waals surface area contributed by atoms with Gasteiger partial charge in [-0.15, -0.1) is 0 Å². The zero-order chi connectivity index (χ0) is 8.39. The Labute approximate surface area is 71.5 Å². The van der Waals surface area contributed by atoms with Crippen molar-refractivity contribution < 1.29 is 9.15 Å². The summed E-state index contributed by atoms with van der Waals surface area (Å²) in [7, 11) is 0. The Morgan fingerprint density at radius 3 is 3.08 bits per heavy atom. The Balaban J connectivity index is 2.04. The van der Waals surface area contributed by atoms with E-state index in [4.69, 9.17) is 14.9 Å². The lowest BCUT2D eigenvalue weighted by Gasteiger charge is -2.16. The molecule has 2 unspecified atom stereocenters. The molecule has 3 heteroatoms. The Morgan fingerprint density at radius 2 is 2.50 bits per heavy atom. The molecular formula is C9H13NO2. The van der Waals surface area contributed by atoms with Crippen molar-refractivity contribution in [3.63, 3.8) is 0 Å². The average molecular weight is 167 g/mol. The van der Waals surface area contributed by atoms with Crippen LogP contribution < -0.4 is 5.73 Å². The van der Waals surface area contributed by atoms with Crippen LogP contribution in [0.4, 0.5) is 0 Å². The molecule has 66 valence electrons. The van der Waals surface area contributed by atoms with Gasteiger partial charge in [0, 0.05) is 12.2 Å². The smallest absolute Gasteiger partial charge is 0.0951 e. The first-order valence-electron chi connectivity index (χ1n) is 4.27. The maximum absolute atomic E-state index is 5.96. The predicted octanol–water partition coefficient (Wildman–Crippen LogP) is 1.46. The SMILES string of the molecule is NC(c1ccoc1)C1CCCO1. The molecule has 1 aliphatic heterocycles. The van der Waals surface area contributed by atoms with E-state index in [9.17, 15) is 0 Å². The third kappa shape index (κ3) is 1.38. The molecule has 1 saturated heterocycles. The van der Waals surface area contributed by atoms with Gasteiger partial charge in [-0.3, -0.25) is 0 Å². The van der Waals surface area contributed by atoms with Crippen molar-refractivity contribution in [2.75, 3.05) is 6.61 Å². The van der Waals surface area contributed by atoms with Crippen LogP contribution in [0.2, 0.25) is 0 Å². The second kappa shape index (κ2) is 3.29.